The third kappa shape index (κ3) is 2.07. The minimum absolute atomic E-state index is 0.177. The Morgan fingerprint density at radius 1 is 1.32 bits per heavy atom. The van der Waals surface area contributed by atoms with Crippen molar-refractivity contribution in [3.05, 3.63) is 45.7 Å². The number of carbonyl (C=O) groups excluding carboxylic acids is 2. The number of nitrogens with zero attached hydrogens (tertiary/aromatic N) is 1. The van der Waals surface area contributed by atoms with Crippen molar-refractivity contribution >= 4 is 22.8 Å². The lowest BCUT2D eigenvalue weighted by Gasteiger charge is -2.16. The molecule has 2 heterocycles. The van der Waals surface area contributed by atoms with Crippen LogP contribution in [0, 0.1) is 0 Å². The molecule has 1 unspecified atom stereocenters. The first kappa shape index (κ1) is 14.3. The molecule has 0 fully saturated rings. The molecule has 0 aliphatic carbocycles. The van der Waals surface area contributed by atoms with Gasteiger partial charge in [0.1, 0.15) is 5.56 Å². The monoisotopic (exact) mass is 300 g/mol. The molecule has 0 saturated carbocycles. The lowest BCUT2D eigenvalue weighted by Crippen LogP contribution is -2.22. The Balaban J connectivity index is 2.13. The van der Waals surface area contributed by atoms with Crippen molar-refractivity contribution in [2.45, 2.75) is 18.9 Å². The number of aromatic nitrogens is 1. The number of nitrogens with one attached hydrogen (secondary N) is 1. The zero-order chi connectivity index (χ0) is 15.9. The first-order valence-electron chi connectivity index (χ1n) is 7.04. The number of esters is 1. The molecule has 3 rings (SSSR count). The van der Waals surface area contributed by atoms with Crippen LogP contribution < -0.4 is 10.7 Å². The summed E-state index contributed by atoms with van der Waals surface area (Å²) in [5, 5.41) is 3.31. The molecule has 1 aromatic carbocycles. The van der Waals surface area contributed by atoms with E-state index in [1.807, 2.05) is 23.7 Å². The number of hydrogen-bond acceptors (Lipinski definition) is 4. The Bertz CT molecular complexity index is 838. The van der Waals surface area contributed by atoms with Gasteiger partial charge in [-0.05, 0) is 18.6 Å². The van der Waals surface area contributed by atoms with Crippen molar-refractivity contribution in [2.24, 2.45) is 7.05 Å². The number of rotatable bonds is 3. The van der Waals surface area contributed by atoms with E-state index in [4.69, 9.17) is 0 Å². The van der Waals surface area contributed by atoms with Gasteiger partial charge in [-0.3, -0.25) is 14.4 Å². The largest absolute Gasteiger partial charge is 0.469 e. The lowest BCUT2D eigenvalue weighted by molar-refractivity contribution is -0.140. The fourth-order valence-corrected chi connectivity index (χ4v) is 3.01. The zero-order valence-electron chi connectivity index (χ0n) is 12.4. The van der Waals surface area contributed by atoms with E-state index in [0.717, 1.165) is 5.52 Å². The van der Waals surface area contributed by atoms with Gasteiger partial charge in [-0.1, -0.05) is 12.1 Å². The summed E-state index contributed by atoms with van der Waals surface area (Å²) in [5.74, 6) is -0.718. The molecule has 1 aliphatic rings. The Morgan fingerprint density at radius 3 is 2.77 bits per heavy atom. The number of ether oxygens (including phenoxy) is 1. The van der Waals surface area contributed by atoms with Crippen molar-refractivity contribution in [1.29, 1.82) is 0 Å². The van der Waals surface area contributed by atoms with E-state index in [0.29, 0.717) is 17.5 Å². The standard InChI is InChI=1S/C16H16N2O4/c1-18-11-6-4-3-5-9(11)15(20)13-14(18)10(17-16(13)21)7-8-12(19)22-2/h3-6,10H,7-8H2,1-2H3,(H,17,21). The number of aryl methyl sites for hydroxylation is 1. The molecular weight excluding hydrogens is 284 g/mol. The second-order valence-corrected chi connectivity index (χ2v) is 5.31. The number of hydrogen-bond donors (Lipinski definition) is 1. The zero-order valence-corrected chi connectivity index (χ0v) is 12.4. The molecule has 22 heavy (non-hydrogen) atoms. The molecule has 1 amide bonds. The van der Waals surface area contributed by atoms with Crippen molar-refractivity contribution in [2.75, 3.05) is 7.11 Å². The van der Waals surface area contributed by atoms with E-state index >= 15 is 0 Å². The molecule has 0 bridgehead atoms. The summed E-state index contributed by atoms with van der Waals surface area (Å²) < 4.78 is 6.48. The summed E-state index contributed by atoms with van der Waals surface area (Å²) in [5.41, 5.74) is 1.32. The minimum Gasteiger partial charge on any atom is -0.469 e. The maximum atomic E-state index is 12.6. The van der Waals surface area contributed by atoms with E-state index in [1.165, 1.54) is 7.11 Å². The van der Waals surface area contributed by atoms with Crippen LogP contribution in [0.1, 0.15) is 34.9 Å². The van der Waals surface area contributed by atoms with Gasteiger partial charge in [-0.2, -0.15) is 0 Å². The van der Waals surface area contributed by atoms with E-state index in [-0.39, 0.29) is 35.3 Å². The molecule has 6 nitrogen and oxygen atoms in total. The maximum absolute atomic E-state index is 12.6. The first-order valence-corrected chi connectivity index (χ1v) is 7.04. The molecule has 0 radical (unpaired) electrons. The second-order valence-electron chi connectivity index (χ2n) is 5.31. The van der Waals surface area contributed by atoms with Gasteiger partial charge in [0, 0.05) is 18.9 Å². The van der Waals surface area contributed by atoms with Crippen molar-refractivity contribution in [3.63, 3.8) is 0 Å². The minimum atomic E-state index is -0.379. The van der Waals surface area contributed by atoms with Crippen LogP contribution in [0.2, 0.25) is 0 Å². The number of pyridine rings is 1. The Morgan fingerprint density at radius 2 is 2.05 bits per heavy atom. The highest BCUT2D eigenvalue weighted by Gasteiger charge is 2.34. The van der Waals surface area contributed by atoms with Gasteiger partial charge < -0.3 is 14.6 Å². The summed E-state index contributed by atoms with van der Waals surface area (Å²) >= 11 is 0. The average molecular weight is 300 g/mol. The highest BCUT2D eigenvalue weighted by atomic mass is 16.5. The van der Waals surface area contributed by atoms with Gasteiger partial charge in [0.25, 0.3) is 5.91 Å². The molecule has 6 heteroatoms. The molecular formula is C16H16N2O4. The molecule has 1 aliphatic heterocycles. The van der Waals surface area contributed by atoms with E-state index < -0.39 is 0 Å². The normalized spacial score (nSPS) is 16.5. The fraction of sp³-hybridized carbons (Fsp3) is 0.312. The van der Waals surface area contributed by atoms with E-state index in [2.05, 4.69) is 10.1 Å². The number of para-hydroxylation sites is 1. The van der Waals surface area contributed by atoms with Crippen LogP contribution in [0.25, 0.3) is 10.9 Å². The Kier molecular flexibility index (Phi) is 3.44. The fourth-order valence-electron chi connectivity index (χ4n) is 3.01. The van der Waals surface area contributed by atoms with Crippen LogP contribution in [0.5, 0.6) is 0 Å². The third-order valence-electron chi connectivity index (χ3n) is 4.08. The van der Waals surface area contributed by atoms with Crippen molar-refractivity contribution in [1.82, 2.24) is 9.88 Å². The van der Waals surface area contributed by atoms with Gasteiger partial charge in [-0.15, -0.1) is 0 Å². The Labute approximate surface area is 126 Å². The van der Waals surface area contributed by atoms with Crippen LogP contribution in [-0.2, 0) is 16.6 Å². The molecule has 1 N–H and O–H groups in total. The van der Waals surface area contributed by atoms with Gasteiger partial charge in [0.2, 0.25) is 5.43 Å². The summed E-state index contributed by atoms with van der Waals surface area (Å²) in [6, 6.07) is 6.83. The predicted molar refractivity (Wildman–Crippen MR) is 80.6 cm³/mol. The molecule has 1 aromatic heterocycles. The quantitative estimate of drug-likeness (QED) is 0.866. The SMILES string of the molecule is COC(=O)CCC1NC(=O)c2c1n(C)c1ccccc1c2=O. The Hall–Kier alpha value is -2.63. The number of benzene rings is 1. The molecule has 1 atom stereocenters. The summed E-state index contributed by atoms with van der Waals surface area (Å²) in [6.45, 7) is 0. The summed E-state index contributed by atoms with van der Waals surface area (Å²) in [7, 11) is 3.15. The first-order chi connectivity index (χ1) is 10.5. The van der Waals surface area contributed by atoms with Gasteiger partial charge in [0.05, 0.1) is 24.4 Å². The maximum Gasteiger partial charge on any atom is 0.305 e. The molecule has 114 valence electrons. The summed E-state index contributed by atoms with van der Waals surface area (Å²) in [4.78, 5) is 36.0. The van der Waals surface area contributed by atoms with Crippen LogP contribution in [0.15, 0.2) is 29.1 Å². The number of carbonyl (C=O) groups is 2. The average Bonchev–Trinajstić information content (AvgIpc) is 2.87. The number of amides is 1. The van der Waals surface area contributed by atoms with Gasteiger partial charge in [-0.25, -0.2) is 0 Å². The highest BCUT2D eigenvalue weighted by Crippen LogP contribution is 2.29. The van der Waals surface area contributed by atoms with Gasteiger partial charge in [0.15, 0.2) is 0 Å². The van der Waals surface area contributed by atoms with Crippen molar-refractivity contribution in [3.8, 4) is 0 Å². The van der Waals surface area contributed by atoms with Gasteiger partial charge >= 0.3 is 5.97 Å². The highest BCUT2D eigenvalue weighted by molar-refractivity contribution is 6.01. The smallest absolute Gasteiger partial charge is 0.305 e. The number of methoxy groups -OCH3 is 1. The van der Waals surface area contributed by atoms with Crippen LogP contribution >= 0.6 is 0 Å². The van der Waals surface area contributed by atoms with Crippen LogP contribution in [-0.4, -0.2) is 23.6 Å². The van der Waals surface area contributed by atoms with E-state index in [1.54, 1.807) is 12.1 Å². The van der Waals surface area contributed by atoms with Crippen LogP contribution in [0.4, 0.5) is 0 Å². The molecule has 0 saturated heterocycles. The molecule has 0 spiro atoms. The topological polar surface area (TPSA) is 77.4 Å². The van der Waals surface area contributed by atoms with Crippen molar-refractivity contribution < 1.29 is 14.3 Å². The second kappa shape index (κ2) is 5.29. The van der Waals surface area contributed by atoms with E-state index in [9.17, 15) is 14.4 Å². The molecule has 2 aromatic rings. The summed E-state index contributed by atoms with van der Waals surface area (Å²) in [6.07, 6.45) is 0.582. The number of fused-ring (bicyclic) bond motifs is 2. The predicted octanol–water partition coefficient (Wildman–Crippen LogP) is 1.28. The lowest BCUT2D eigenvalue weighted by atomic mass is 10.0. The van der Waals surface area contributed by atoms with Crippen LogP contribution in [0.3, 0.4) is 0 Å². The third-order valence-corrected chi connectivity index (χ3v) is 4.08.